The SMILES string of the molecule is CCCCCCCCCCCCCCCCCCCCCC(=O)O[C@H](COC(=O)CCCCCCCCCCCCC)COC(=O)CCCCCCCCC(C)C. The molecule has 6 nitrogen and oxygen atoms in total. The molecule has 0 saturated carbocycles. The zero-order valence-corrected chi connectivity index (χ0v) is 38.8. The van der Waals surface area contributed by atoms with Crippen molar-refractivity contribution in [2.75, 3.05) is 13.2 Å². The zero-order chi connectivity index (χ0) is 41.7. The van der Waals surface area contributed by atoms with Crippen molar-refractivity contribution in [2.24, 2.45) is 5.92 Å². The van der Waals surface area contributed by atoms with Crippen molar-refractivity contribution in [2.45, 2.75) is 291 Å². The quantitative estimate of drug-likeness (QED) is 0.0346. The van der Waals surface area contributed by atoms with Crippen LogP contribution >= 0.6 is 0 Å². The van der Waals surface area contributed by atoms with Gasteiger partial charge in [0, 0.05) is 19.3 Å². The summed E-state index contributed by atoms with van der Waals surface area (Å²) in [5.41, 5.74) is 0. The largest absolute Gasteiger partial charge is 0.462 e. The number of carbonyl (C=O) groups excluding carboxylic acids is 3. The fourth-order valence-corrected chi connectivity index (χ4v) is 7.69. The van der Waals surface area contributed by atoms with Gasteiger partial charge in [-0.3, -0.25) is 14.4 Å². The number of carbonyl (C=O) groups is 3. The predicted octanol–water partition coefficient (Wildman–Crippen LogP) is 16.3. The van der Waals surface area contributed by atoms with Crippen LogP contribution in [0.5, 0.6) is 0 Å². The maximum absolute atomic E-state index is 12.8. The van der Waals surface area contributed by atoms with E-state index in [1.54, 1.807) is 0 Å². The van der Waals surface area contributed by atoms with Crippen LogP contribution in [0, 0.1) is 5.92 Å². The fourth-order valence-electron chi connectivity index (χ4n) is 7.69. The van der Waals surface area contributed by atoms with Crippen LogP contribution in [0.15, 0.2) is 0 Å². The summed E-state index contributed by atoms with van der Waals surface area (Å²) < 4.78 is 16.7. The first-order valence-corrected chi connectivity index (χ1v) is 25.4. The molecule has 0 N–H and O–H groups in total. The Balaban J connectivity index is 4.22. The molecule has 0 heterocycles. The molecule has 338 valence electrons. The lowest BCUT2D eigenvalue weighted by molar-refractivity contribution is -0.167. The third-order valence-corrected chi connectivity index (χ3v) is 11.5. The van der Waals surface area contributed by atoms with Gasteiger partial charge >= 0.3 is 17.9 Å². The number of esters is 3. The topological polar surface area (TPSA) is 78.9 Å². The summed E-state index contributed by atoms with van der Waals surface area (Å²) in [4.78, 5) is 37.8. The van der Waals surface area contributed by atoms with Gasteiger partial charge in [0.25, 0.3) is 0 Å². The number of hydrogen-bond acceptors (Lipinski definition) is 6. The highest BCUT2D eigenvalue weighted by Crippen LogP contribution is 2.17. The van der Waals surface area contributed by atoms with Gasteiger partial charge < -0.3 is 14.2 Å². The van der Waals surface area contributed by atoms with E-state index in [4.69, 9.17) is 14.2 Å². The van der Waals surface area contributed by atoms with Crippen LogP contribution in [0.4, 0.5) is 0 Å². The summed E-state index contributed by atoms with van der Waals surface area (Å²) in [5.74, 6) is -0.0893. The van der Waals surface area contributed by atoms with Crippen LogP contribution in [-0.2, 0) is 28.6 Å². The van der Waals surface area contributed by atoms with E-state index in [1.165, 1.54) is 180 Å². The molecule has 0 aliphatic carbocycles. The summed E-state index contributed by atoms with van der Waals surface area (Å²) in [6.45, 7) is 8.95. The summed E-state index contributed by atoms with van der Waals surface area (Å²) in [7, 11) is 0. The molecule has 0 bridgehead atoms. The minimum Gasteiger partial charge on any atom is -0.462 e. The van der Waals surface area contributed by atoms with Crippen LogP contribution in [0.2, 0.25) is 0 Å². The maximum Gasteiger partial charge on any atom is 0.306 e. The first-order chi connectivity index (χ1) is 27.9. The number of unbranched alkanes of at least 4 members (excludes halogenated alkanes) is 33. The second-order valence-electron chi connectivity index (χ2n) is 17.9. The molecule has 6 heteroatoms. The Labute approximate surface area is 355 Å². The van der Waals surface area contributed by atoms with Crippen molar-refractivity contribution < 1.29 is 28.6 Å². The fraction of sp³-hybridized carbons (Fsp3) is 0.941. The lowest BCUT2D eigenvalue weighted by Gasteiger charge is -2.18. The van der Waals surface area contributed by atoms with Crippen molar-refractivity contribution in [1.29, 1.82) is 0 Å². The van der Waals surface area contributed by atoms with Gasteiger partial charge in [-0.2, -0.15) is 0 Å². The van der Waals surface area contributed by atoms with Crippen molar-refractivity contribution in [3.63, 3.8) is 0 Å². The van der Waals surface area contributed by atoms with Gasteiger partial charge in [0.2, 0.25) is 0 Å². The van der Waals surface area contributed by atoms with E-state index in [0.29, 0.717) is 19.3 Å². The lowest BCUT2D eigenvalue weighted by Crippen LogP contribution is -2.30. The van der Waals surface area contributed by atoms with Crippen LogP contribution in [-0.4, -0.2) is 37.2 Å². The van der Waals surface area contributed by atoms with Crippen molar-refractivity contribution in [3.8, 4) is 0 Å². The van der Waals surface area contributed by atoms with Crippen LogP contribution in [0.25, 0.3) is 0 Å². The van der Waals surface area contributed by atoms with Gasteiger partial charge in [0.15, 0.2) is 6.10 Å². The molecule has 0 aliphatic rings. The van der Waals surface area contributed by atoms with Gasteiger partial charge in [-0.15, -0.1) is 0 Å². The Bertz CT molecular complexity index is 857. The molecular weight excluding hydrogens is 709 g/mol. The van der Waals surface area contributed by atoms with Gasteiger partial charge in [0.1, 0.15) is 13.2 Å². The van der Waals surface area contributed by atoms with Gasteiger partial charge in [-0.05, 0) is 25.2 Å². The molecule has 0 aliphatic heterocycles. The van der Waals surface area contributed by atoms with E-state index >= 15 is 0 Å². The summed E-state index contributed by atoms with van der Waals surface area (Å²) in [6.07, 6.45) is 46.8. The summed E-state index contributed by atoms with van der Waals surface area (Å²) in [5, 5.41) is 0. The second kappa shape index (κ2) is 45.5. The van der Waals surface area contributed by atoms with E-state index in [-0.39, 0.29) is 31.1 Å². The molecule has 0 spiro atoms. The van der Waals surface area contributed by atoms with E-state index < -0.39 is 6.10 Å². The summed E-state index contributed by atoms with van der Waals surface area (Å²) >= 11 is 0. The zero-order valence-electron chi connectivity index (χ0n) is 38.8. The third kappa shape index (κ3) is 45.3. The minimum atomic E-state index is -0.760. The van der Waals surface area contributed by atoms with Gasteiger partial charge in [0.05, 0.1) is 0 Å². The summed E-state index contributed by atoms with van der Waals surface area (Å²) in [6, 6.07) is 0. The van der Waals surface area contributed by atoms with Crippen molar-refractivity contribution in [3.05, 3.63) is 0 Å². The third-order valence-electron chi connectivity index (χ3n) is 11.5. The van der Waals surface area contributed by atoms with Gasteiger partial charge in [-0.1, -0.05) is 246 Å². The molecule has 0 radical (unpaired) electrons. The van der Waals surface area contributed by atoms with Crippen molar-refractivity contribution >= 4 is 17.9 Å². The highest BCUT2D eigenvalue weighted by molar-refractivity contribution is 5.71. The average molecular weight is 807 g/mol. The maximum atomic E-state index is 12.8. The Kier molecular flexibility index (Phi) is 44.2. The predicted molar refractivity (Wildman–Crippen MR) is 243 cm³/mol. The smallest absolute Gasteiger partial charge is 0.306 e. The Morgan fingerprint density at radius 3 is 0.860 bits per heavy atom. The highest BCUT2D eigenvalue weighted by Gasteiger charge is 2.19. The molecule has 0 amide bonds. The normalized spacial score (nSPS) is 11.9. The Morgan fingerprint density at radius 1 is 0.333 bits per heavy atom. The molecule has 0 aromatic heterocycles. The first kappa shape index (κ1) is 55.4. The van der Waals surface area contributed by atoms with E-state index in [9.17, 15) is 14.4 Å². The molecule has 0 aromatic carbocycles. The van der Waals surface area contributed by atoms with Crippen molar-refractivity contribution in [1.82, 2.24) is 0 Å². The Morgan fingerprint density at radius 2 is 0.579 bits per heavy atom. The first-order valence-electron chi connectivity index (χ1n) is 25.4. The van der Waals surface area contributed by atoms with E-state index in [2.05, 4.69) is 27.7 Å². The molecule has 0 rings (SSSR count). The average Bonchev–Trinajstić information content (AvgIpc) is 3.19. The monoisotopic (exact) mass is 807 g/mol. The number of ether oxygens (including phenoxy) is 3. The van der Waals surface area contributed by atoms with E-state index in [0.717, 1.165) is 63.7 Å². The van der Waals surface area contributed by atoms with Crippen LogP contribution < -0.4 is 0 Å². The number of hydrogen-bond donors (Lipinski definition) is 0. The molecule has 0 fully saturated rings. The molecule has 1 atom stereocenters. The second-order valence-corrected chi connectivity index (χ2v) is 17.9. The molecule has 0 aromatic rings. The van der Waals surface area contributed by atoms with Gasteiger partial charge in [-0.25, -0.2) is 0 Å². The molecule has 0 saturated heterocycles. The standard InChI is InChI=1S/C51H98O6/c1-5-7-9-11-13-15-17-18-19-20-21-22-23-24-26-28-30-36-40-44-51(54)57-48(46-56-50(53)43-39-35-32-31-33-37-41-47(3)4)45-55-49(52)42-38-34-29-27-25-16-14-12-10-8-6-2/h47-48H,5-46H2,1-4H3/t48-/m1/s1. The van der Waals surface area contributed by atoms with Crippen LogP contribution in [0.1, 0.15) is 285 Å². The minimum absolute atomic E-state index is 0.0640. The molecule has 57 heavy (non-hydrogen) atoms. The number of rotatable bonds is 46. The Hall–Kier alpha value is -1.59. The lowest BCUT2D eigenvalue weighted by atomic mass is 10.0. The molecule has 0 unspecified atom stereocenters. The highest BCUT2D eigenvalue weighted by atomic mass is 16.6. The molecular formula is C51H98O6. The van der Waals surface area contributed by atoms with E-state index in [1.807, 2.05) is 0 Å². The van der Waals surface area contributed by atoms with Crippen LogP contribution in [0.3, 0.4) is 0 Å².